The normalized spacial score (nSPS) is 9.92. The van der Waals surface area contributed by atoms with Crippen molar-refractivity contribution in [2.24, 2.45) is 0 Å². The second kappa shape index (κ2) is 3.66. The summed E-state index contributed by atoms with van der Waals surface area (Å²) in [7, 11) is 0. The predicted molar refractivity (Wildman–Crippen MR) is 55.2 cm³/mol. The van der Waals surface area contributed by atoms with E-state index in [1.165, 1.54) is 0 Å². The zero-order chi connectivity index (χ0) is 9.10. The second-order valence-corrected chi connectivity index (χ2v) is 3.49. The quantitative estimate of drug-likeness (QED) is 0.759. The molecule has 0 unspecified atom stereocenters. The van der Waals surface area contributed by atoms with Gasteiger partial charge in [-0.3, -0.25) is 9.97 Å². The maximum atomic E-state index is 4.22. The Morgan fingerprint density at radius 1 is 0.923 bits per heavy atom. The average molecular weight is 235 g/mol. The van der Waals surface area contributed by atoms with Crippen LogP contribution in [-0.4, -0.2) is 9.97 Å². The van der Waals surface area contributed by atoms with Crippen LogP contribution in [0.1, 0.15) is 0 Å². The van der Waals surface area contributed by atoms with Crippen LogP contribution in [0.15, 0.2) is 47.2 Å². The summed E-state index contributed by atoms with van der Waals surface area (Å²) in [4.78, 5) is 8.42. The van der Waals surface area contributed by atoms with Gasteiger partial charge < -0.3 is 0 Å². The molecule has 0 amide bonds. The van der Waals surface area contributed by atoms with E-state index in [-0.39, 0.29) is 0 Å². The topological polar surface area (TPSA) is 25.8 Å². The third-order valence-corrected chi connectivity index (χ3v) is 2.14. The highest BCUT2D eigenvalue weighted by Crippen LogP contribution is 2.17. The van der Waals surface area contributed by atoms with E-state index in [0.29, 0.717) is 0 Å². The average Bonchev–Trinajstić information content (AvgIpc) is 2.19. The number of halogens is 1. The number of pyridine rings is 2. The molecule has 0 aliphatic rings. The lowest BCUT2D eigenvalue weighted by molar-refractivity contribution is 1.24. The minimum Gasteiger partial charge on any atom is -0.255 e. The second-order valence-electron chi connectivity index (χ2n) is 2.57. The van der Waals surface area contributed by atoms with Gasteiger partial charge >= 0.3 is 0 Å². The molecule has 2 heterocycles. The number of rotatable bonds is 1. The molecule has 0 atom stereocenters. The molecule has 0 aliphatic heterocycles. The van der Waals surface area contributed by atoms with E-state index in [9.17, 15) is 0 Å². The van der Waals surface area contributed by atoms with Gasteiger partial charge in [-0.2, -0.15) is 0 Å². The highest BCUT2D eigenvalue weighted by atomic mass is 79.9. The van der Waals surface area contributed by atoms with Gasteiger partial charge in [0.05, 0.1) is 11.4 Å². The van der Waals surface area contributed by atoms with Gasteiger partial charge in [0.2, 0.25) is 0 Å². The molecule has 2 aromatic rings. The van der Waals surface area contributed by atoms with Crippen molar-refractivity contribution in [3.8, 4) is 11.4 Å². The highest BCUT2D eigenvalue weighted by molar-refractivity contribution is 9.10. The van der Waals surface area contributed by atoms with E-state index in [0.717, 1.165) is 15.9 Å². The molecule has 0 aromatic carbocycles. The monoisotopic (exact) mass is 234 g/mol. The van der Waals surface area contributed by atoms with Crippen LogP contribution in [0.25, 0.3) is 11.4 Å². The molecule has 2 rings (SSSR count). The minimum atomic E-state index is 0.884. The predicted octanol–water partition coefficient (Wildman–Crippen LogP) is 2.91. The Balaban J connectivity index is 2.48. The molecule has 0 saturated carbocycles. The highest BCUT2D eigenvalue weighted by Gasteiger charge is 1.98. The Bertz CT molecular complexity index is 401. The third kappa shape index (κ3) is 1.92. The maximum absolute atomic E-state index is 4.22. The Morgan fingerprint density at radius 3 is 2.46 bits per heavy atom. The first-order valence-corrected chi connectivity index (χ1v) is 4.68. The van der Waals surface area contributed by atoms with E-state index in [2.05, 4.69) is 25.9 Å². The van der Waals surface area contributed by atoms with Crippen LogP contribution in [0.3, 0.4) is 0 Å². The van der Waals surface area contributed by atoms with Crippen LogP contribution in [0.4, 0.5) is 0 Å². The van der Waals surface area contributed by atoms with Crippen LogP contribution in [0, 0.1) is 0 Å². The fourth-order valence-corrected chi connectivity index (χ4v) is 1.39. The van der Waals surface area contributed by atoms with Crippen molar-refractivity contribution in [2.45, 2.75) is 0 Å². The Hall–Kier alpha value is -1.22. The van der Waals surface area contributed by atoms with E-state index in [1.807, 2.05) is 30.3 Å². The summed E-state index contributed by atoms with van der Waals surface area (Å²) < 4.78 is 1.02. The number of hydrogen-bond donors (Lipinski definition) is 0. The van der Waals surface area contributed by atoms with Gasteiger partial charge in [0.1, 0.15) is 0 Å². The standard InChI is InChI=1S/C10H7BrN2/c11-8-4-6-13-10(7-8)9-3-1-2-5-12-9/h1-7H. The summed E-state index contributed by atoms with van der Waals surface area (Å²) in [5.74, 6) is 0. The first-order valence-electron chi connectivity index (χ1n) is 3.89. The SMILES string of the molecule is Brc1ccnc(-c2ccccn2)c1. The maximum Gasteiger partial charge on any atom is 0.0897 e. The largest absolute Gasteiger partial charge is 0.255 e. The number of hydrogen-bond acceptors (Lipinski definition) is 2. The molecule has 0 spiro atoms. The Labute approximate surface area is 84.8 Å². The number of aromatic nitrogens is 2. The molecule has 2 aromatic heterocycles. The summed E-state index contributed by atoms with van der Waals surface area (Å²) in [5, 5.41) is 0. The van der Waals surface area contributed by atoms with E-state index in [4.69, 9.17) is 0 Å². The van der Waals surface area contributed by atoms with E-state index < -0.39 is 0 Å². The zero-order valence-electron chi connectivity index (χ0n) is 6.81. The summed E-state index contributed by atoms with van der Waals surface area (Å²) in [6, 6.07) is 9.62. The van der Waals surface area contributed by atoms with Gasteiger partial charge in [-0.15, -0.1) is 0 Å². The molecule has 0 aliphatic carbocycles. The molecule has 13 heavy (non-hydrogen) atoms. The molecule has 0 N–H and O–H groups in total. The Morgan fingerprint density at radius 2 is 1.77 bits per heavy atom. The fraction of sp³-hybridized carbons (Fsp3) is 0. The van der Waals surface area contributed by atoms with Gasteiger partial charge in [-0.1, -0.05) is 22.0 Å². The molecule has 2 nitrogen and oxygen atoms in total. The van der Waals surface area contributed by atoms with Crippen LogP contribution in [0.5, 0.6) is 0 Å². The Kier molecular flexibility index (Phi) is 2.36. The van der Waals surface area contributed by atoms with Crippen molar-refractivity contribution in [3.63, 3.8) is 0 Å². The summed E-state index contributed by atoms with van der Waals surface area (Å²) in [6.07, 6.45) is 3.52. The van der Waals surface area contributed by atoms with Crippen molar-refractivity contribution in [1.82, 2.24) is 9.97 Å². The summed E-state index contributed by atoms with van der Waals surface area (Å²) in [6.45, 7) is 0. The van der Waals surface area contributed by atoms with Gasteiger partial charge in [0, 0.05) is 16.9 Å². The van der Waals surface area contributed by atoms with Gasteiger partial charge in [0.25, 0.3) is 0 Å². The third-order valence-electron chi connectivity index (χ3n) is 1.65. The van der Waals surface area contributed by atoms with Crippen LogP contribution in [-0.2, 0) is 0 Å². The van der Waals surface area contributed by atoms with Crippen LogP contribution < -0.4 is 0 Å². The molecular weight excluding hydrogens is 228 g/mol. The van der Waals surface area contributed by atoms with E-state index in [1.54, 1.807) is 12.4 Å². The minimum absolute atomic E-state index is 0.884. The van der Waals surface area contributed by atoms with Crippen molar-refractivity contribution < 1.29 is 0 Å². The van der Waals surface area contributed by atoms with Crippen molar-refractivity contribution in [3.05, 3.63) is 47.2 Å². The van der Waals surface area contributed by atoms with Crippen LogP contribution in [0.2, 0.25) is 0 Å². The summed E-state index contributed by atoms with van der Waals surface area (Å²) in [5.41, 5.74) is 1.78. The number of nitrogens with zero attached hydrogens (tertiary/aromatic N) is 2. The molecule has 64 valence electrons. The van der Waals surface area contributed by atoms with Crippen molar-refractivity contribution in [2.75, 3.05) is 0 Å². The zero-order valence-corrected chi connectivity index (χ0v) is 8.40. The smallest absolute Gasteiger partial charge is 0.0897 e. The van der Waals surface area contributed by atoms with Crippen molar-refractivity contribution in [1.29, 1.82) is 0 Å². The van der Waals surface area contributed by atoms with Gasteiger partial charge in [-0.25, -0.2) is 0 Å². The first kappa shape index (κ1) is 8.38. The first-order chi connectivity index (χ1) is 6.36. The molecule has 0 fully saturated rings. The van der Waals surface area contributed by atoms with Gasteiger partial charge in [-0.05, 0) is 24.3 Å². The summed E-state index contributed by atoms with van der Waals surface area (Å²) >= 11 is 3.39. The lowest BCUT2D eigenvalue weighted by Gasteiger charge is -1.98. The molecule has 3 heteroatoms. The molecule has 0 radical (unpaired) electrons. The molecule has 0 bridgehead atoms. The molecule has 0 saturated heterocycles. The van der Waals surface area contributed by atoms with E-state index >= 15 is 0 Å². The lowest BCUT2D eigenvalue weighted by atomic mass is 10.2. The van der Waals surface area contributed by atoms with Gasteiger partial charge in [0.15, 0.2) is 0 Å². The van der Waals surface area contributed by atoms with Crippen molar-refractivity contribution >= 4 is 15.9 Å². The van der Waals surface area contributed by atoms with Crippen LogP contribution >= 0.6 is 15.9 Å². The lowest BCUT2D eigenvalue weighted by Crippen LogP contribution is -1.85. The fourth-order valence-electron chi connectivity index (χ4n) is 1.06. The molecular formula is C10H7BrN2.